The molecule has 0 atom stereocenters. The number of guanidine groups is 1. The highest BCUT2D eigenvalue weighted by Gasteiger charge is 2.20. The Labute approximate surface area is 164 Å². The van der Waals surface area contributed by atoms with Crippen molar-refractivity contribution in [3.05, 3.63) is 33.6 Å². The summed E-state index contributed by atoms with van der Waals surface area (Å²) in [7, 11) is 1.84. The van der Waals surface area contributed by atoms with Crippen molar-refractivity contribution in [2.75, 3.05) is 31.6 Å². The second-order valence-electron chi connectivity index (χ2n) is 6.94. The molecule has 142 valence electrons. The first-order valence-corrected chi connectivity index (χ1v) is 11.1. The average molecular weight is 392 g/mol. The van der Waals surface area contributed by atoms with Crippen LogP contribution in [0, 0.1) is 0 Å². The molecule has 0 bridgehead atoms. The van der Waals surface area contributed by atoms with Gasteiger partial charge in [-0.25, -0.2) is 4.98 Å². The van der Waals surface area contributed by atoms with E-state index in [1.165, 1.54) is 15.7 Å². The monoisotopic (exact) mass is 391 g/mol. The number of nitrogens with one attached hydrogen (secondary N) is 2. The van der Waals surface area contributed by atoms with E-state index in [-0.39, 0.29) is 0 Å². The number of aromatic nitrogens is 1. The van der Waals surface area contributed by atoms with E-state index in [1.54, 1.807) is 11.3 Å². The SMILES string of the molecule is CN=C(NCCc1csc(C(C)C)n1)NC1CCN(c2cccs2)CC1. The van der Waals surface area contributed by atoms with Crippen molar-refractivity contribution in [1.29, 1.82) is 0 Å². The van der Waals surface area contributed by atoms with Crippen molar-refractivity contribution in [1.82, 2.24) is 15.6 Å². The van der Waals surface area contributed by atoms with Crippen molar-refractivity contribution in [2.24, 2.45) is 4.99 Å². The number of thiophene rings is 1. The van der Waals surface area contributed by atoms with E-state index in [4.69, 9.17) is 4.98 Å². The molecule has 0 aromatic carbocycles. The summed E-state index contributed by atoms with van der Waals surface area (Å²) in [4.78, 5) is 11.6. The minimum atomic E-state index is 0.490. The lowest BCUT2D eigenvalue weighted by atomic mass is 10.1. The molecule has 7 heteroatoms. The normalized spacial score (nSPS) is 16.3. The van der Waals surface area contributed by atoms with Gasteiger partial charge in [0.1, 0.15) is 0 Å². The Kier molecular flexibility index (Phi) is 6.91. The van der Waals surface area contributed by atoms with E-state index in [9.17, 15) is 0 Å². The van der Waals surface area contributed by atoms with Gasteiger partial charge in [-0.15, -0.1) is 22.7 Å². The van der Waals surface area contributed by atoms with Gasteiger partial charge in [0.05, 0.1) is 15.7 Å². The molecule has 2 aromatic rings. The van der Waals surface area contributed by atoms with Gasteiger partial charge >= 0.3 is 0 Å². The van der Waals surface area contributed by atoms with Gasteiger partial charge in [0, 0.05) is 50.4 Å². The maximum absolute atomic E-state index is 4.69. The Hall–Kier alpha value is -1.60. The van der Waals surface area contributed by atoms with Crippen molar-refractivity contribution in [2.45, 2.75) is 45.1 Å². The molecule has 2 N–H and O–H groups in total. The minimum absolute atomic E-state index is 0.490. The zero-order chi connectivity index (χ0) is 18.4. The zero-order valence-electron chi connectivity index (χ0n) is 15.9. The summed E-state index contributed by atoms with van der Waals surface area (Å²) >= 11 is 3.59. The van der Waals surface area contributed by atoms with Crippen LogP contribution in [-0.2, 0) is 6.42 Å². The fourth-order valence-corrected chi connectivity index (χ4v) is 4.75. The summed E-state index contributed by atoms with van der Waals surface area (Å²) in [5.74, 6) is 1.41. The van der Waals surface area contributed by atoms with Crippen LogP contribution in [0.15, 0.2) is 27.9 Å². The van der Waals surface area contributed by atoms with Crippen LogP contribution >= 0.6 is 22.7 Å². The highest BCUT2D eigenvalue weighted by atomic mass is 32.1. The molecule has 26 heavy (non-hydrogen) atoms. The lowest BCUT2D eigenvalue weighted by Gasteiger charge is -2.33. The Morgan fingerprint density at radius 1 is 1.35 bits per heavy atom. The highest BCUT2D eigenvalue weighted by Crippen LogP contribution is 2.24. The largest absolute Gasteiger partial charge is 0.363 e. The third-order valence-corrected chi connectivity index (χ3v) is 6.74. The van der Waals surface area contributed by atoms with E-state index in [0.717, 1.165) is 44.9 Å². The summed E-state index contributed by atoms with van der Waals surface area (Å²) in [6.07, 6.45) is 3.21. The van der Waals surface area contributed by atoms with Gasteiger partial charge in [-0.05, 0) is 30.4 Å². The number of piperidine rings is 1. The number of hydrogen-bond donors (Lipinski definition) is 2. The van der Waals surface area contributed by atoms with Crippen LogP contribution in [0.1, 0.15) is 43.3 Å². The van der Waals surface area contributed by atoms with Crippen molar-refractivity contribution >= 4 is 33.6 Å². The van der Waals surface area contributed by atoms with Gasteiger partial charge in [0.25, 0.3) is 0 Å². The first-order valence-electron chi connectivity index (χ1n) is 9.35. The van der Waals surface area contributed by atoms with E-state index in [0.29, 0.717) is 12.0 Å². The fraction of sp³-hybridized carbons (Fsp3) is 0.579. The molecule has 5 nitrogen and oxygen atoms in total. The van der Waals surface area contributed by atoms with E-state index in [1.807, 2.05) is 18.4 Å². The third-order valence-electron chi connectivity index (χ3n) is 4.61. The molecule has 0 radical (unpaired) electrons. The van der Waals surface area contributed by atoms with Crippen LogP contribution < -0.4 is 15.5 Å². The molecule has 0 saturated carbocycles. The van der Waals surface area contributed by atoms with Crippen molar-refractivity contribution in [3.63, 3.8) is 0 Å². The Morgan fingerprint density at radius 2 is 2.15 bits per heavy atom. The molecule has 0 amide bonds. The lowest BCUT2D eigenvalue weighted by molar-refractivity contribution is 0.463. The molecule has 1 aliphatic heterocycles. The molecule has 0 aliphatic carbocycles. The van der Waals surface area contributed by atoms with Crippen molar-refractivity contribution < 1.29 is 0 Å². The Balaban J connectivity index is 1.39. The van der Waals surface area contributed by atoms with Crippen LogP contribution in [0.2, 0.25) is 0 Å². The molecule has 1 aliphatic rings. The molecular weight excluding hydrogens is 362 g/mol. The number of anilines is 1. The minimum Gasteiger partial charge on any atom is -0.363 e. The summed E-state index contributed by atoms with van der Waals surface area (Å²) < 4.78 is 0. The molecule has 0 spiro atoms. The van der Waals surface area contributed by atoms with E-state index < -0.39 is 0 Å². The maximum atomic E-state index is 4.69. The van der Waals surface area contributed by atoms with Gasteiger partial charge in [-0.2, -0.15) is 0 Å². The second kappa shape index (κ2) is 9.37. The average Bonchev–Trinajstić information content (AvgIpc) is 3.33. The molecule has 1 saturated heterocycles. The summed E-state index contributed by atoms with van der Waals surface area (Å²) in [5.41, 5.74) is 1.17. The van der Waals surface area contributed by atoms with Gasteiger partial charge in [0.15, 0.2) is 5.96 Å². The zero-order valence-corrected chi connectivity index (χ0v) is 17.5. The van der Waals surface area contributed by atoms with E-state index in [2.05, 4.69) is 57.3 Å². The first-order chi connectivity index (χ1) is 12.7. The highest BCUT2D eigenvalue weighted by molar-refractivity contribution is 7.14. The molecule has 2 aromatic heterocycles. The number of nitrogens with zero attached hydrogens (tertiary/aromatic N) is 3. The molecular formula is C19H29N5S2. The van der Waals surface area contributed by atoms with Gasteiger partial charge in [-0.1, -0.05) is 13.8 Å². The fourth-order valence-electron chi connectivity index (χ4n) is 3.09. The predicted molar refractivity (Wildman–Crippen MR) is 114 cm³/mol. The maximum Gasteiger partial charge on any atom is 0.191 e. The third kappa shape index (κ3) is 5.20. The van der Waals surface area contributed by atoms with Crippen LogP contribution in [0.3, 0.4) is 0 Å². The lowest BCUT2D eigenvalue weighted by Crippen LogP contribution is -2.49. The predicted octanol–water partition coefficient (Wildman–Crippen LogP) is 3.70. The Bertz CT molecular complexity index is 685. The number of hydrogen-bond acceptors (Lipinski definition) is 5. The van der Waals surface area contributed by atoms with Crippen LogP contribution in [0.25, 0.3) is 0 Å². The first kappa shape index (κ1) is 19.2. The number of rotatable bonds is 6. The smallest absolute Gasteiger partial charge is 0.191 e. The van der Waals surface area contributed by atoms with Crippen LogP contribution in [0.4, 0.5) is 5.00 Å². The Morgan fingerprint density at radius 3 is 2.77 bits per heavy atom. The topological polar surface area (TPSA) is 52.6 Å². The second-order valence-corrected chi connectivity index (χ2v) is 8.75. The summed E-state index contributed by atoms with van der Waals surface area (Å²) in [5, 5.41) is 13.9. The van der Waals surface area contributed by atoms with Gasteiger partial charge < -0.3 is 15.5 Å². The summed E-state index contributed by atoms with van der Waals surface area (Å²) in [6, 6.07) is 4.83. The van der Waals surface area contributed by atoms with Gasteiger partial charge in [0.2, 0.25) is 0 Å². The number of thiazole rings is 1. The molecule has 3 rings (SSSR count). The van der Waals surface area contributed by atoms with Crippen LogP contribution in [-0.4, -0.2) is 43.7 Å². The summed E-state index contributed by atoms with van der Waals surface area (Å²) in [6.45, 7) is 7.44. The van der Waals surface area contributed by atoms with E-state index >= 15 is 0 Å². The van der Waals surface area contributed by atoms with Crippen molar-refractivity contribution in [3.8, 4) is 0 Å². The standard InChI is InChI=1S/C19H29N5S2/c1-14(2)18-22-16(13-26-18)6-9-21-19(20-3)23-15-7-10-24(11-8-15)17-5-4-12-25-17/h4-5,12-15H,6-11H2,1-3H3,(H2,20,21,23). The van der Waals surface area contributed by atoms with Gasteiger partial charge in [-0.3, -0.25) is 4.99 Å². The molecule has 3 heterocycles. The molecule has 1 fully saturated rings. The van der Waals surface area contributed by atoms with Crippen LogP contribution in [0.5, 0.6) is 0 Å². The molecule has 0 unspecified atom stereocenters. The number of aliphatic imine (C=N–C) groups is 1. The quantitative estimate of drug-likeness (QED) is 0.582.